The third-order valence-electron chi connectivity index (χ3n) is 3.26. The van der Waals surface area contributed by atoms with E-state index in [9.17, 15) is 4.79 Å². The number of aromatic amines is 1. The molecule has 0 aliphatic heterocycles. The molecular weight excluding hydrogens is 268 g/mol. The van der Waals surface area contributed by atoms with Crippen LogP contribution in [-0.4, -0.2) is 34.0 Å². The smallest absolute Gasteiger partial charge is 0.243 e. The van der Waals surface area contributed by atoms with Gasteiger partial charge in [0.25, 0.3) is 0 Å². The van der Waals surface area contributed by atoms with Crippen molar-refractivity contribution in [3.05, 3.63) is 30.2 Å². The van der Waals surface area contributed by atoms with E-state index in [0.717, 1.165) is 23.0 Å². The molecule has 2 heterocycles. The predicted octanol–water partition coefficient (Wildman–Crippen LogP) is 1.98. The molecule has 1 unspecified atom stereocenters. The Morgan fingerprint density at radius 1 is 1.52 bits per heavy atom. The zero-order valence-corrected chi connectivity index (χ0v) is 12.5. The van der Waals surface area contributed by atoms with Gasteiger partial charge in [-0.2, -0.15) is 0 Å². The van der Waals surface area contributed by atoms with Gasteiger partial charge in [0.05, 0.1) is 11.5 Å². The molecule has 0 saturated heterocycles. The number of allylic oxidation sites excluding steroid dienone is 1. The molecule has 0 spiro atoms. The van der Waals surface area contributed by atoms with Gasteiger partial charge in [-0.3, -0.25) is 4.79 Å². The average Bonchev–Trinajstić information content (AvgIpc) is 2.91. The maximum Gasteiger partial charge on any atom is 0.243 e. The van der Waals surface area contributed by atoms with Gasteiger partial charge >= 0.3 is 0 Å². The summed E-state index contributed by atoms with van der Waals surface area (Å²) in [6.45, 7) is 4.07. The molecule has 6 heteroatoms. The van der Waals surface area contributed by atoms with Crippen molar-refractivity contribution >= 4 is 16.9 Å². The van der Waals surface area contributed by atoms with Crippen molar-refractivity contribution in [3.63, 3.8) is 0 Å². The van der Waals surface area contributed by atoms with Crippen LogP contribution in [0.3, 0.4) is 0 Å². The van der Waals surface area contributed by atoms with E-state index in [4.69, 9.17) is 4.74 Å². The Hall–Kier alpha value is -2.37. The van der Waals surface area contributed by atoms with Gasteiger partial charge in [-0.05, 0) is 31.4 Å². The van der Waals surface area contributed by atoms with Crippen molar-refractivity contribution in [1.82, 2.24) is 20.3 Å². The van der Waals surface area contributed by atoms with E-state index in [1.807, 2.05) is 19.2 Å². The second-order valence-corrected chi connectivity index (χ2v) is 4.77. The number of amides is 1. The lowest BCUT2D eigenvalue weighted by atomic mass is 10.1. The van der Waals surface area contributed by atoms with Crippen LogP contribution in [0.5, 0.6) is 5.88 Å². The Morgan fingerprint density at radius 3 is 3.05 bits per heavy atom. The maximum atomic E-state index is 11.2. The van der Waals surface area contributed by atoms with Gasteiger partial charge in [0.2, 0.25) is 11.8 Å². The Bertz CT molecular complexity index is 648. The van der Waals surface area contributed by atoms with Crippen LogP contribution in [0.25, 0.3) is 11.0 Å². The lowest BCUT2D eigenvalue weighted by molar-refractivity contribution is -0.116. The quantitative estimate of drug-likeness (QED) is 0.797. The first kappa shape index (κ1) is 15.0. The van der Waals surface area contributed by atoms with Gasteiger partial charge in [-0.1, -0.05) is 13.0 Å². The van der Waals surface area contributed by atoms with Crippen molar-refractivity contribution in [2.24, 2.45) is 0 Å². The third-order valence-corrected chi connectivity index (χ3v) is 3.26. The molecule has 1 amide bonds. The fourth-order valence-corrected chi connectivity index (χ4v) is 1.90. The van der Waals surface area contributed by atoms with Crippen molar-refractivity contribution in [2.45, 2.75) is 32.8 Å². The van der Waals surface area contributed by atoms with Crippen LogP contribution in [0.1, 0.15) is 25.8 Å². The number of ether oxygens (including phenoxy) is 1. The zero-order chi connectivity index (χ0) is 15.2. The van der Waals surface area contributed by atoms with Gasteiger partial charge < -0.3 is 15.0 Å². The number of hydrogen-bond donors (Lipinski definition) is 2. The lowest BCUT2D eigenvalue weighted by Crippen LogP contribution is -2.14. The molecule has 2 N–H and O–H groups in total. The van der Waals surface area contributed by atoms with E-state index in [0.29, 0.717) is 12.3 Å². The van der Waals surface area contributed by atoms with Gasteiger partial charge in [-0.15, -0.1) is 0 Å². The molecule has 0 bridgehead atoms. The van der Waals surface area contributed by atoms with E-state index in [1.165, 1.54) is 12.4 Å². The molecular formula is C15H20N4O2. The number of nitrogens with one attached hydrogen (secondary N) is 2. The second kappa shape index (κ2) is 6.88. The van der Waals surface area contributed by atoms with Crippen LogP contribution in [0.2, 0.25) is 0 Å². The van der Waals surface area contributed by atoms with E-state index < -0.39 is 0 Å². The summed E-state index contributed by atoms with van der Waals surface area (Å²) in [6.07, 6.45) is 8.28. The Balaban J connectivity index is 2.28. The van der Waals surface area contributed by atoms with E-state index >= 15 is 0 Å². The van der Waals surface area contributed by atoms with Crippen LogP contribution >= 0.6 is 0 Å². The normalized spacial score (nSPS) is 12.7. The second-order valence-electron chi connectivity index (χ2n) is 4.77. The average molecular weight is 288 g/mol. The van der Waals surface area contributed by atoms with Crippen LogP contribution in [0.4, 0.5) is 0 Å². The van der Waals surface area contributed by atoms with E-state index in [-0.39, 0.29) is 12.0 Å². The highest BCUT2D eigenvalue weighted by molar-refractivity contribution is 5.88. The molecule has 21 heavy (non-hydrogen) atoms. The van der Waals surface area contributed by atoms with E-state index in [2.05, 4.69) is 27.2 Å². The molecule has 112 valence electrons. The largest absolute Gasteiger partial charge is 0.474 e. The minimum atomic E-state index is -0.123. The first-order chi connectivity index (χ1) is 10.2. The fraction of sp³-hybridized carbons (Fsp3) is 0.400. The molecule has 0 aliphatic rings. The van der Waals surface area contributed by atoms with Crippen LogP contribution in [0.15, 0.2) is 24.7 Å². The molecule has 2 aromatic rings. The standard InChI is InChI=1S/C15H20N4O2/c1-4-10(2)21-15-13-11(6-5-7-12(20)16-3)8-17-14(13)18-9-19-15/h5,7-10H,4,6H2,1-3H3,(H,16,20)(H,17,18,19)/b7-5+. The number of aromatic nitrogens is 3. The Morgan fingerprint density at radius 2 is 2.33 bits per heavy atom. The lowest BCUT2D eigenvalue weighted by Gasteiger charge is -2.12. The number of nitrogens with zero attached hydrogens (tertiary/aromatic N) is 2. The Labute approximate surface area is 123 Å². The number of carbonyl (C=O) groups is 1. The number of H-pyrrole nitrogens is 1. The van der Waals surface area contributed by atoms with Gasteiger partial charge in [0, 0.05) is 13.2 Å². The summed E-state index contributed by atoms with van der Waals surface area (Å²) < 4.78 is 5.85. The van der Waals surface area contributed by atoms with Crippen molar-refractivity contribution in [2.75, 3.05) is 7.05 Å². The SMILES string of the molecule is CCC(C)Oc1ncnc2[nH]cc(C/C=C/C(=O)NC)c12. The number of fused-ring (bicyclic) bond motifs is 1. The molecule has 0 fully saturated rings. The minimum Gasteiger partial charge on any atom is -0.474 e. The molecule has 0 aliphatic carbocycles. The molecule has 2 rings (SSSR count). The predicted molar refractivity (Wildman–Crippen MR) is 81.2 cm³/mol. The van der Waals surface area contributed by atoms with Crippen LogP contribution in [-0.2, 0) is 11.2 Å². The molecule has 2 aromatic heterocycles. The monoisotopic (exact) mass is 288 g/mol. The van der Waals surface area contributed by atoms with Crippen molar-refractivity contribution < 1.29 is 9.53 Å². The summed E-state index contributed by atoms with van der Waals surface area (Å²) in [4.78, 5) is 22.7. The molecule has 1 atom stereocenters. The van der Waals surface area contributed by atoms with Crippen molar-refractivity contribution in [3.8, 4) is 5.88 Å². The summed E-state index contributed by atoms with van der Waals surface area (Å²) in [7, 11) is 1.60. The number of likely N-dealkylation sites (N-methyl/N-ethyl adjacent to an activating group) is 1. The Kier molecular flexibility index (Phi) is 4.92. The van der Waals surface area contributed by atoms with Gasteiger partial charge in [0.1, 0.15) is 12.0 Å². The molecule has 0 radical (unpaired) electrons. The topological polar surface area (TPSA) is 79.9 Å². The third kappa shape index (κ3) is 3.59. The summed E-state index contributed by atoms with van der Waals surface area (Å²) in [5.74, 6) is 0.459. The minimum absolute atomic E-state index is 0.0901. The summed E-state index contributed by atoms with van der Waals surface area (Å²) in [6, 6.07) is 0. The van der Waals surface area contributed by atoms with Gasteiger partial charge in [-0.25, -0.2) is 9.97 Å². The van der Waals surface area contributed by atoms with Crippen LogP contribution in [0, 0.1) is 0 Å². The van der Waals surface area contributed by atoms with E-state index in [1.54, 1.807) is 7.05 Å². The molecule has 0 aromatic carbocycles. The highest BCUT2D eigenvalue weighted by Crippen LogP contribution is 2.26. The fourth-order valence-electron chi connectivity index (χ4n) is 1.90. The maximum absolute atomic E-state index is 11.2. The van der Waals surface area contributed by atoms with Crippen LogP contribution < -0.4 is 10.1 Å². The van der Waals surface area contributed by atoms with Gasteiger partial charge in [0.15, 0.2) is 0 Å². The highest BCUT2D eigenvalue weighted by Gasteiger charge is 2.13. The summed E-state index contributed by atoms with van der Waals surface area (Å²) >= 11 is 0. The first-order valence-electron chi connectivity index (χ1n) is 7.01. The molecule has 6 nitrogen and oxygen atoms in total. The van der Waals surface area contributed by atoms with Crippen molar-refractivity contribution in [1.29, 1.82) is 0 Å². The summed E-state index contributed by atoms with van der Waals surface area (Å²) in [5, 5.41) is 3.42. The number of hydrogen-bond acceptors (Lipinski definition) is 4. The number of carbonyl (C=O) groups excluding carboxylic acids is 1. The molecule has 0 saturated carbocycles. The number of rotatable bonds is 6. The first-order valence-corrected chi connectivity index (χ1v) is 7.01. The zero-order valence-electron chi connectivity index (χ0n) is 12.5. The highest BCUT2D eigenvalue weighted by atomic mass is 16.5. The summed E-state index contributed by atoms with van der Waals surface area (Å²) in [5.41, 5.74) is 1.75.